The maximum Gasteiger partial charge on any atom is 0.472 e. The van der Waals surface area contributed by atoms with Crippen LogP contribution in [-0.4, -0.2) is 96.7 Å². The number of rotatable bonds is 69. The van der Waals surface area contributed by atoms with Crippen LogP contribution in [0, 0.1) is 11.8 Å². The first-order chi connectivity index (χ1) is 43.9. The Hall–Kier alpha value is -2.46. The lowest BCUT2D eigenvalue weighted by Crippen LogP contribution is -2.30. The Balaban J connectivity index is 5.30. The van der Waals surface area contributed by atoms with E-state index >= 15 is 0 Å². The highest BCUT2D eigenvalue weighted by atomic mass is 31.2. The Morgan fingerprint density at radius 3 is 0.901 bits per heavy atom. The number of hydrogen-bond donors (Lipinski definition) is 3. The van der Waals surface area contributed by atoms with Gasteiger partial charge in [-0.05, 0) is 63.2 Å². The molecule has 0 aliphatic heterocycles. The molecule has 536 valence electrons. The fourth-order valence-electron chi connectivity index (χ4n) is 10.4. The van der Waals surface area contributed by atoms with Gasteiger partial charge in [0.25, 0.3) is 0 Å². The number of carbonyl (C=O) groups excluding carboxylic acids is 4. The minimum absolute atomic E-state index is 0.0851. The molecule has 91 heavy (non-hydrogen) atoms. The zero-order valence-corrected chi connectivity index (χ0v) is 60.4. The second kappa shape index (κ2) is 63.6. The van der Waals surface area contributed by atoms with Crippen LogP contribution < -0.4 is 0 Å². The molecule has 0 aromatic heterocycles. The van der Waals surface area contributed by atoms with E-state index in [1.807, 2.05) is 0 Å². The average molecular weight is 1340 g/mol. The number of ether oxygens (including phenoxy) is 4. The lowest BCUT2D eigenvalue weighted by molar-refractivity contribution is -0.161. The number of allylic oxidation sites excluding steroid dienone is 4. The first kappa shape index (κ1) is 88.5. The maximum atomic E-state index is 13.0. The molecule has 0 fully saturated rings. The van der Waals surface area contributed by atoms with Gasteiger partial charge in [-0.15, -0.1) is 0 Å². The molecular weight excluding hydrogens is 1200 g/mol. The number of hydrogen-bond acceptors (Lipinski definition) is 15. The third-order valence-electron chi connectivity index (χ3n) is 16.1. The summed E-state index contributed by atoms with van der Waals surface area (Å²) in [4.78, 5) is 72.6. The van der Waals surface area contributed by atoms with Crippen LogP contribution in [0.1, 0.15) is 343 Å². The van der Waals surface area contributed by atoms with Gasteiger partial charge in [0.2, 0.25) is 0 Å². The molecule has 0 heterocycles. The molecule has 0 aliphatic rings. The molecule has 17 nitrogen and oxygen atoms in total. The van der Waals surface area contributed by atoms with Crippen LogP contribution >= 0.6 is 15.6 Å². The van der Waals surface area contributed by atoms with E-state index < -0.39 is 97.5 Å². The van der Waals surface area contributed by atoms with Gasteiger partial charge in [0, 0.05) is 25.7 Å². The second-order valence-corrected chi connectivity index (χ2v) is 29.2. The number of unbranched alkanes of at least 4 members (excludes halogenated alkanes) is 36. The van der Waals surface area contributed by atoms with E-state index in [1.165, 1.54) is 148 Å². The van der Waals surface area contributed by atoms with E-state index in [-0.39, 0.29) is 25.7 Å². The van der Waals surface area contributed by atoms with Gasteiger partial charge >= 0.3 is 39.5 Å². The molecular formula is C72H136O17P2. The summed E-state index contributed by atoms with van der Waals surface area (Å²) in [7, 11) is -9.92. The highest BCUT2D eigenvalue weighted by molar-refractivity contribution is 7.47. The molecule has 19 heteroatoms. The van der Waals surface area contributed by atoms with Crippen LogP contribution in [-0.2, 0) is 65.4 Å². The third-order valence-corrected chi connectivity index (χ3v) is 18.0. The molecule has 0 bridgehead atoms. The Kier molecular flexibility index (Phi) is 61.9. The van der Waals surface area contributed by atoms with Crippen molar-refractivity contribution in [3.63, 3.8) is 0 Å². The molecule has 2 unspecified atom stereocenters. The standard InChI is InChI=1S/C72H136O17P2/c1-7-9-11-13-15-17-19-21-22-24-26-30-38-44-50-56-71(76)88-67(60-82-69(74)54-48-42-36-29-25-23-20-18-16-14-12-10-8-2)62-86-90(78,79)84-58-66(73)59-85-91(80,81)87-63-68(61-83-70(75)55-49-43-37-33-32-35-41-47-53-65(5)6)89-72(77)57-51-45-39-31-27-28-34-40-46-52-64(3)4/h17,19,21-22,64-68,73H,7-16,18,20,23-63H2,1-6H3,(H,78,79)(H,80,81)/b19-17-,22-21-/t66-,67-,68-/m1/s1. The van der Waals surface area contributed by atoms with Crippen molar-refractivity contribution < 1.29 is 80.2 Å². The SMILES string of the molecule is CCCCCC/C=C\C=C/CCCCCCCC(=O)O[C@H](COC(=O)CCCCCCCCCCCCCCC)COP(=O)(O)OC[C@@H](O)COP(=O)(O)OC[C@@H](COC(=O)CCCCCCCCCCC(C)C)OC(=O)CCCCCCCCCCCC(C)C. The fraction of sp³-hybridized carbons (Fsp3) is 0.889. The molecule has 0 saturated carbocycles. The first-order valence-electron chi connectivity index (χ1n) is 36.8. The Morgan fingerprint density at radius 2 is 0.593 bits per heavy atom. The van der Waals surface area contributed by atoms with Gasteiger partial charge in [-0.25, -0.2) is 9.13 Å². The zero-order valence-electron chi connectivity index (χ0n) is 58.6. The fourth-order valence-corrected chi connectivity index (χ4v) is 12.0. The largest absolute Gasteiger partial charge is 0.472 e. The minimum atomic E-state index is -4.96. The summed E-state index contributed by atoms with van der Waals surface area (Å²) < 4.78 is 68.3. The van der Waals surface area contributed by atoms with Crippen molar-refractivity contribution in [3.05, 3.63) is 24.3 Å². The van der Waals surface area contributed by atoms with Crippen molar-refractivity contribution in [3.8, 4) is 0 Å². The molecule has 3 N–H and O–H groups in total. The van der Waals surface area contributed by atoms with Crippen LogP contribution in [0.2, 0.25) is 0 Å². The quantitative estimate of drug-likeness (QED) is 0.0169. The number of aliphatic hydroxyl groups is 1. The highest BCUT2D eigenvalue weighted by Crippen LogP contribution is 2.45. The predicted molar refractivity (Wildman–Crippen MR) is 367 cm³/mol. The van der Waals surface area contributed by atoms with Crippen molar-refractivity contribution >= 4 is 39.5 Å². The average Bonchev–Trinajstić information content (AvgIpc) is 3.26. The molecule has 0 rings (SSSR count). The number of aliphatic hydroxyl groups excluding tert-OH is 1. The van der Waals surface area contributed by atoms with Crippen molar-refractivity contribution in [1.29, 1.82) is 0 Å². The zero-order chi connectivity index (χ0) is 67.2. The topological polar surface area (TPSA) is 237 Å². The number of esters is 4. The van der Waals surface area contributed by atoms with E-state index in [1.54, 1.807) is 0 Å². The van der Waals surface area contributed by atoms with Crippen molar-refractivity contribution in [2.45, 2.75) is 362 Å². The van der Waals surface area contributed by atoms with Crippen molar-refractivity contribution in [2.75, 3.05) is 39.6 Å². The van der Waals surface area contributed by atoms with Gasteiger partial charge in [0.1, 0.15) is 19.3 Å². The van der Waals surface area contributed by atoms with Gasteiger partial charge in [-0.3, -0.25) is 37.3 Å². The number of carbonyl (C=O) groups is 4. The lowest BCUT2D eigenvalue weighted by Gasteiger charge is -2.21. The van der Waals surface area contributed by atoms with Gasteiger partial charge in [-0.1, -0.05) is 291 Å². The summed E-state index contributed by atoms with van der Waals surface area (Å²) >= 11 is 0. The van der Waals surface area contributed by atoms with E-state index in [4.69, 9.17) is 37.0 Å². The Bertz CT molecular complexity index is 1860. The van der Waals surface area contributed by atoms with Gasteiger partial charge in [0.15, 0.2) is 12.2 Å². The maximum absolute atomic E-state index is 13.0. The summed E-state index contributed by atoms with van der Waals surface area (Å²) in [5.74, 6) is -0.693. The molecule has 0 saturated heterocycles. The molecule has 0 aliphatic carbocycles. The van der Waals surface area contributed by atoms with Crippen LogP contribution in [0.5, 0.6) is 0 Å². The van der Waals surface area contributed by atoms with E-state index in [2.05, 4.69) is 65.8 Å². The smallest absolute Gasteiger partial charge is 0.462 e. The molecule has 5 atom stereocenters. The lowest BCUT2D eigenvalue weighted by atomic mass is 10.0. The normalized spacial score (nSPS) is 14.3. The van der Waals surface area contributed by atoms with E-state index in [0.717, 1.165) is 115 Å². The van der Waals surface area contributed by atoms with Gasteiger partial charge < -0.3 is 33.8 Å². The van der Waals surface area contributed by atoms with Crippen molar-refractivity contribution in [1.82, 2.24) is 0 Å². The number of phosphoric acid groups is 2. The molecule has 0 amide bonds. The van der Waals surface area contributed by atoms with Crippen LogP contribution in [0.25, 0.3) is 0 Å². The summed E-state index contributed by atoms with van der Waals surface area (Å²) in [6, 6.07) is 0. The monoisotopic (exact) mass is 1330 g/mol. The van der Waals surface area contributed by atoms with Crippen LogP contribution in [0.4, 0.5) is 0 Å². The Labute approximate surface area is 554 Å². The summed E-state index contributed by atoms with van der Waals surface area (Å²) in [6.45, 7) is 9.44. The van der Waals surface area contributed by atoms with Crippen molar-refractivity contribution in [2.24, 2.45) is 11.8 Å². The molecule has 0 aromatic carbocycles. The molecule has 0 aromatic rings. The minimum Gasteiger partial charge on any atom is -0.462 e. The second-order valence-electron chi connectivity index (χ2n) is 26.2. The molecule has 0 radical (unpaired) electrons. The van der Waals surface area contributed by atoms with Gasteiger partial charge in [-0.2, -0.15) is 0 Å². The predicted octanol–water partition coefficient (Wildman–Crippen LogP) is 20.3. The first-order valence-corrected chi connectivity index (χ1v) is 39.8. The van der Waals surface area contributed by atoms with Crippen LogP contribution in [0.15, 0.2) is 24.3 Å². The molecule has 0 spiro atoms. The summed E-state index contributed by atoms with van der Waals surface area (Å²) in [6.07, 6.45) is 52.1. The van der Waals surface area contributed by atoms with Gasteiger partial charge in [0.05, 0.1) is 26.4 Å². The summed E-state index contributed by atoms with van der Waals surface area (Å²) in [5, 5.41) is 10.6. The Morgan fingerprint density at radius 1 is 0.341 bits per heavy atom. The summed E-state index contributed by atoms with van der Waals surface area (Å²) in [5.41, 5.74) is 0. The number of phosphoric ester groups is 2. The third kappa shape index (κ3) is 66.0. The van der Waals surface area contributed by atoms with Crippen LogP contribution in [0.3, 0.4) is 0 Å². The highest BCUT2D eigenvalue weighted by Gasteiger charge is 2.30. The van der Waals surface area contributed by atoms with E-state index in [9.17, 15) is 43.2 Å². The van der Waals surface area contributed by atoms with E-state index in [0.29, 0.717) is 25.7 Å².